The van der Waals surface area contributed by atoms with Crippen molar-refractivity contribution in [3.8, 4) is 0 Å². The van der Waals surface area contributed by atoms with Gasteiger partial charge >= 0.3 is 0 Å². The summed E-state index contributed by atoms with van der Waals surface area (Å²) in [5, 5.41) is 0.370. The molecule has 0 nitrogen and oxygen atoms in total. The Morgan fingerprint density at radius 3 is 2.50 bits per heavy atom. The van der Waals surface area contributed by atoms with Gasteiger partial charge in [-0.05, 0) is 19.3 Å². The van der Waals surface area contributed by atoms with Crippen molar-refractivity contribution in [2.45, 2.75) is 25.6 Å². The minimum atomic E-state index is 0.370. The molecule has 8 heavy (non-hydrogen) atoms. The van der Waals surface area contributed by atoms with E-state index in [1.807, 2.05) is 0 Å². The molecule has 0 saturated carbocycles. The fourth-order valence-corrected chi connectivity index (χ4v) is 1.43. The van der Waals surface area contributed by atoms with E-state index in [2.05, 4.69) is 19.9 Å². The van der Waals surface area contributed by atoms with E-state index in [-0.39, 0.29) is 0 Å². The molecule has 0 fully saturated rings. The van der Waals surface area contributed by atoms with E-state index in [0.717, 1.165) is 6.42 Å². The van der Waals surface area contributed by atoms with Gasteiger partial charge in [0.25, 0.3) is 0 Å². The monoisotopic (exact) mass is 130 g/mol. The van der Waals surface area contributed by atoms with Gasteiger partial charge in [0, 0.05) is 5.38 Å². The highest BCUT2D eigenvalue weighted by atomic mass is 35.5. The molecule has 2 atom stereocenters. The first-order valence-corrected chi connectivity index (χ1v) is 3.45. The van der Waals surface area contributed by atoms with Crippen LogP contribution in [0.15, 0.2) is 11.6 Å². The number of hydrogen-bond acceptors (Lipinski definition) is 0. The van der Waals surface area contributed by atoms with Gasteiger partial charge in [0.05, 0.1) is 0 Å². The molecule has 1 aliphatic rings. The summed E-state index contributed by atoms with van der Waals surface area (Å²) in [4.78, 5) is 0. The minimum absolute atomic E-state index is 0.370. The topological polar surface area (TPSA) is 0 Å². The Morgan fingerprint density at radius 2 is 2.38 bits per heavy atom. The molecule has 46 valence electrons. The Hall–Kier alpha value is 0.0300. The van der Waals surface area contributed by atoms with Crippen LogP contribution >= 0.6 is 11.6 Å². The van der Waals surface area contributed by atoms with Crippen LogP contribution in [-0.4, -0.2) is 5.38 Å². The molecular formula is C7H11Cl. The molecule has 0 amide bonds. The van der Waals surface area contributed by atoms with Gasteiger partial charge in [-0.15, -0.1) is 11.6 Å². The van der Waals surface area contributed by atoms with Crippen molar-refractivity contribution in [2.24, 2.45) is 5.92 Å². The lowest BCUT2D eigenvalue weighted by molar-refractivity contribution is 0.708. The molecule has 0 heterocycles. The molecule has 0 bridgehead atoms. The van der Waals surface area contributed by atoms with Gasteiger partial charge in [-0.25, -0.2) is 0 Å². The zero-order valence-corrected chi connectivity index (χ0v) is 6.07. The highest BCUT2D eigenvalue weighted by Gasteiger charge is 2.18. The van der Waals surface area contributed by atoms with Crippen LogP contribution in [0.4, 0.5) is 0 Å². The quantitative estimate of drug-likeness (QED) is 0.349. The summed E-state index contributed by atoms with van der Waals surface area (Å²) < 4.78 is 0. The van der Waals surface area contributed by atoms with Crippen LogP contribution in [0.3, 0.4) is 0 Å². The van der Waals surface area contributed by atoms with Crippen LogP contribution in [0.1, 0.15) is 20.3 Å². The Bertz CT molecular complexity index is 116. The summed E-state index contributed by atoms with van der Waals surface area (Å²) in [6.07, 6.45) is 3.33. The highest BCUT2D eigenvalue weighted by Crippen LogP contribution is 2.27. The Kier molecular flexibility index (Phi) is 1.62. The van der Waals surface area contributed by atoms with E-state index in [0.29, 0.717) is 11.3 Å². The summed E-state index contributed by atoms with van der Waals surface area (Å²) in [5.74, 6) is 0.594. The zero-order chi connectivity index (χ0) is 6.15. The average molecular weight is 131 g/mol. The van der Waals surface area contributed by atoms with Crippen LogP contribution in [0, 0.1) is 5.92 Å². The van der Waals surface area contributed by atoms with Crippen LogP contribution in [0.25, 0.3) is 0 Å². The van der Waals surface area contributed by atoms with Crippen molar-refractivity contribution in [3.63, 3.8) is 0 Å². The molecule has 0 radical (unpaired) electrons. The predicted molar refractivity (Wildman–Crippen MR) is 37.2 cm³/mol. The molecule has 0 spiro atoms. The highest BCUT2D eigenvalue weighted by molar-refractivity contribution is 6.21. The first kappa shape index (κ1) is 6.15. The van der Waals surface area contributed by atoms with Crippen molar-refractivity contribution in [1.82, 2.24) is 0 Å². The number of halogens is 1. The Labute approximate surface area is 55.5 Å². The van der Waals surface area contributed by atoms with Crippen LogP contribution in [0.5, 0.6) is 0 Å². The molecule has 1 aliphatic carbocycles. The minimum Gasteiger partial charge on any atom is -0.122 e. The van der Waals surface area contributed by atoms with E-state index in [1.54, 1.807) is 0 Å². The summed E-state index contributed by atoms with van der Waals surface area (Å²) in [6.45, 7) is 4.30. The van der Waals surface area contributed by atoms with E-state index in [1.165, 1.54) is 5.57 Å². The molecule has 0 N–H and O–H groups in total. The molecule has 1 rings (SSSR count). The Morgan fingerprint density at radius 1 is 1.75 bits per heavy atom. The van der Waals surface area contributed by atoms with Crippen molar-refractivity contribution in [2.75, 3.05) is 0 Å². The number of hydrogen-bond donors (Lipinski definition) is 0. The molecular weight excluding hydrogens is 120 g/mol. The van der Waals surface area contributed by atoms with E-state index in [9.17, 15) is 0 Å². The normalized spacial score (nSPS) is 37.6. The van der Waals surface area contributed by atoms with Gasteiger partial charge in [0.15, 0.2) is 0 Å². The van der Waals surface area contributed by atoms with E-state index >= 15 is 0 Å². The first-order chi connectivity index (χ1) is 3.70. The molecule has 1 heteroatoms. The first-order valence-electron chi connectivity index (χ1n) is 3.01. The van der Waals surface area contributed by atoms with Crippen LogP contribution in [-0.2, 0) is 0 Å². The second-order valence-electron chi connectivity index (χ2n) is 2.59. The maximum absolute atomic E-state index is 5.91. The van der Waals surface area contributed by atoms with Crippen molar-refractivity contribution < 1.29 is 0 Å². The number of alkyl halides is 1. The smallest absolute Gasteiger partial charge is 0.0433 e. The van der Waals surface area contributed by atoms with Gasteiger partial charge in [-0.1, -0.05) is 18.6 Å². The maximum atomic E-state index is 5.91. The fraction of sp³-hybridized carbons (Fsp3) is 0.714. The van der Waals surface area contributed by atoms with Gasteiger partial charge in [-0.3, -0.25) is 0 Å². The number of rotatable bonds is 0. The molecule has 0 aromatic rings. The van der Waals surface area contributed by atoms with E-state index in [4.69, 9.17) is 11.6 Å². The van der Waals surface area contributed by atoms with Gasteiger partial charge in [0.1, 0.15) is 0 Å². The summed E-state index contributed by atoms with van der Waals surface area (Å²) in [5.41, 5.74) is 1.44. The maximum Gasteiger partial charge on any atom is 0.0433 e. The fourth-order valence-electron chi connectivity index (χ4n) is 1.11. The largest absolute Gasteiger partial charge is 0.122 e. The van der Waals surface area contributed by atoms with Gasteiger partial charge in [-0.2, -0.15) is 0 Å². The lowest BCUT2D eigenvalue weighted by Crippen LogP contribution is -2.00. The second kappa shape index (κ2) is 2.10. The predicted octanol–water partition coefficient (Wildman–Crippen LogP) is 2.58. The second-order valence-corrected chi connectivity index (χ2v) is 3.15. The standard InChI is InChI=1S/C7H11Cl/c1-5-3-6(2)7(8)4-5/h3,6-7H,4H2,1-2H3/t6-,7-/m0/s1. The summed E-state index contributed by atoms with van der Waals surface area (Å²) in [7, 11) is 0. The lowest BCUT2D eigenvalue weighted by atomic mass is 10.2. The lowest BCUT2D eigenvalue weighted by Gasteiger charge is -2.02. The van der Waals surface area contributed by atoms with Crippen molar-refractivity contribution in [3.05, 3.63) is 11.6 Å². The SMILES string of the molecule is CC1=C[C@H](C)[C@@H](Cl)C1. The van der Waals surface area contributed by atoms with E-state index < -0.39 is 0 Å². The third kappa shape index (κ3) is 1.05. The number of allylic oxidation sites excluding steroid dienone is 2. The third-order valence-electron chi connectivity index (χ3n) is 1.63. The molecule has 0 unspecified atom stereocenters. The summed E-state index contributed by atoms with van der Waals surface area (Å²) >= 11 is 5.91. The molecule has 0 saturated heterocycles. The van der Waals surface area contributed by atoms with Crippen molar-refractivity contribution >= 4 is 11.6 Å². The van der Waals surface area contributed by atoms with Gasteiger partial charge in [0.2, 0.25) is 0 Å². The van der Waals surface area contributed by atoms with Gasteiger partial charge < -0.3 is 0 Å². The third-order valence-corrected chi connectivity index (χ3v) is 2.19. The molecule has 0 aromatic heterocycles. The summed E-state index contributed by atoms with van der Waals surface area (Å²) in [6, 6.07) is 0. The Balaban J connectivity index is 2.56. The molecule has 0 aliphatic heterocycles. The zero-order valence-electron chi connectivity index (χ0n) is 5.32. The van der Waals surface area contributed by atoms with Crippen LogP contribution < -0.4 is 0 Å². The van der Waals surface area contributed by atoms with Crippen molar-refractivity contribution in [1.29, 1.82) is 0 Å². The average Bonchev–Trinajstić information content (AvgIpc) is 1.85. The van der Waals surface area contributed by atoms with Crippen LogP contribution in [0.2, 0.25) is 0 Å². The molecule has 0 aromatic carbocycles.